The molecule has 1 aliphatic rings. The molecule has 1 N–H and O–H groups in total. The van der Waals surface area contributed by atoms with Crippen LogP contribution in [0.4, 0.5) is 20.2 Å². The lowest BCUT2D eigenvalue weighted by Crippen LogP contribution is -2.24. The third-order valence-corrected chi connectivity index (χ3v) is 5.05. The molecule has 34 heavy (non-hydrogen) atoms. The Balaban J connectivity index is 1.38. The van der Waals surface area contributed by atoms with Gasteiger partial charge in [-0.2, -0.15) is 13.9 Å². The van der Waals surface area contributed by atoms with Gasteiger partial charge in [-0.15, -0.1) is 0 Å². The van der Waals surface area contributed by atoms with E-state index in [1.807, 2.05) is 60.7 Å². The van der Waals surface area contributed by atoms with Crippen molar-refractivity contribution in [3.8, 4) is 5.75 Å². The molecule has 0 aliphatic carbocycles. The highest BCUT2D eigenvalue weighted by Gasteiger charge is 2.33. The summed E-state index contributed by atoms with van der Waals surface area (Å²) in [6, 6.07) is 24.4. The number of halogens is 2. The lowest BCUT2D eigenvalue weighted by Gasteiger charge is -2.23. The van der Waals surface area contributed by atoms with E-state index in [1.165, 1.54) is 24.3 Å². The third kappa shape index (κ3) is 5.74. The first-order valence-electron chi connectivity index (χ1n) is 10.5. The maximum atomic E-state index is 12.7. The van der Waals surface area contributed by atoms with E-state index in [4.69, 9.17) is 4.74 Å². The van der Waals surface area contributed by atoms with E-state index in [1.54, 1.807) is 5.01 Å². The van der Waals surface area contributed by atoms with Crippen molar-refractivity contribution < 1.29 is 27.8 Å². The van der Waals surface area contributed by atoms with E-state index in [-0.39, 0.29) is 17.5 Å². The number of hydrazone groups is 1. The molecule has 1 unspecified atom stereocenters. The number of amides is 1. The van der Waals surface area contributed by atoms with Crippen LogP contribution in [0.15, 0.2) is 90.0 Å². The van der Waals surface area contributed by atoms with Crippen molar-refractivity contribution in [1.29, 1.82) is 0 Å². The number of carbonyl (C=O) groups is 2. The fraction of sp³-hybridized carbons (Fsp3) is 0.160. The minimum absolute atomic E-state index is 0.0328. The van der Waals surface area contributed by atoms with Gasteiger partial charge in [0.1, 0.15) is 11.5 Å². The van der Waals surface area contributed by atoms with Crippen LogP contribution in [-0.4, -0.2) is 30.8 Å². The molecule has 3 aromatic carbocycles. The lowest BCUT2D eigenvalue weighted by atomic mass is 10.0. The summed E-state index contributed by atoms with van der Waals surface area (Å²) >= 11 is 0. The maximum Gasteiger partial charge on any atom is 0.387 e. The molecule has 1 heterocycles. The number of nitrogens with zero attached hydrogens (tertiary/aromatic N) is 2. The number of hydrogen-bond acceptors (Lipinski definition) is 6. The Labute approximate surface area is 194 Å². The second kappa shape index (κ2) is 10.6. The van der Waals surface area contributed by atoms with Gasteiger partial charge in [0.15, 0.2) is 6.61 Å². The standard InChI is InChI=1S/C25H21F2N3O4/c26-25(27)34-20-13-11-18(12-14-20)28-23(31)16-33-24(32)21-15-22(17-7-3-1-4-8-17)30(29-21)19-9-5-2-6-10-19/h1-14,22,25H,15-16H2,(H,28,31). The van der Waals surface area contributed by atoms with Gasteiger partial charge in [-0.1, -0.05) is 48.5 Å². The number of alkyl halides is 2. The van der Waals surface area contributed by atoms with Crippen LogP contribution in [0.2, 0.25) is 0 Å². The predicted octanol–water partition coefficient (Wildman–Crippen LogP) is 4.78. The maximum absolute atomic E-state index is 12.7. The Morgan fingerprint density at radius 3 is 2.26 bits per heavy atom. The van der Waals surface area contributed by atoms with E-state index >= 15 is 0 Å². The largest absolute Gasteiger partial charge is 0.451 e. The first-order valence-corrected chi connectivity index (χ1v) is 10.5. The number of hydrogen-bond donors (Lipinski definition) is 1. The van der Waals surface area contributed by atoms with Crippen LogP contribution < -0.4 is 15.1 Å². The summed E-state index contributed by atoms with van der Waals surface area (Å²) in [6.07, 6.45) is 0.324. The first-order chi connectivity index (χ1) is 16.5. The summed E-state index contributed by atoms with van der Waals surface area (Å²) < 4.78 is 33.9. The number of ether oxygens (including phenoxy) is 2. The molecule has 9 heteroatoms. The molecule has 3 aromatic rings. The summed E-state index contributed by atoms with van der Waals surface area (Å²) in [6.45, 7) is -3.45. The molecule has 0 saturated carbocycles. The molecule has 1 aliphatic heterocycles. The Hall–Kier alpha value is -4.27. The number of anilines is 2. The molecule has 0 fully saturated rings. The molecule has 0 radical (unpaired) electrons. The van der Waals surface area contributed by atoms with Gasteiger partial charge in [-0.25, -0.2) is 4.79 Å². The summed E-state index contributed by atoms with van der Waals surface area (Å²) in [5, 5.41) is 8.78. The zero-order chi connectivity index (χ0) is 23.9. The van der Waals surface area contributed by atoms with Gasteiger partial charge in [0.05, 0.1) is 11.7 Å². The summed E-state index contributed by atoms with van der Waals surface area (Å²) in [7, 11) is 0. The van der Waals surface area contributed by atoms with Crippen LogP contribution in [0.5, 0.6) is 5.75 Å². The molecule has 0 aromatic heterocycles. The average Bonchev–Trinajstić information content (AvgIpc) is 3.30. The number of esters is 1. The third-order valence-electron chi connectivity index (χ3n) is 5.05. The van der Waals surface area contributed by atoms with Gasteiger partial charge in [-0.3, -0.25) is 9.80 Å². The second-order valence-electron chi connectivity index (χ2n) is 7.38. The van der Waals surface area contributed by atoms with Crippen molar-refractivity contribution in [3.63, 3.8) is 0 Å². The molecule has 174 valence electrons. The van der Waals surface area contributed by atoms with E-state index < -0.39 is 25.1 Å². The van der Waals surface area contributed by atoms with Crippen LogP contribution in [-0.2, 0) is 14.3 Å². The number of rotatable bonds is 8. The zero-order valence-corrected chi connectivity index (χ0v) is 17.9. The summed E-state index contributed by atoms with van der Waals surface area (Å²) in [5.74, 6) is -1.29. The van der Waals surface area contributed by atoms with Gasteiger partial charge in [0.25, 0.3) is 5.91 Å². The van der Waals surface area contributed by atoms with Gasteiger partial charge >= 0.3 is 12.6 Å². The van der Waals surface area contributed by atoms with E-state index in [0.717, 1.165) is 11.3 Å². The lowest BCUT2D eigenvalue weighted by molar-refractivity contribution is -0.140. The van der Waals surface area contributed by atoms with Crippen LogP contribution in [0.1, 0.15) is 18.0 Å². The van der Waals surface area contributed by atoms with Crippen molar-refractivity contribution in [1.82, 2.24) is 0 Å². The molecule has 1 atom stereocenters. The minimum Gasteiger partial charge on any atom is -0.451 e. The molecule has 0 bridgehead atoms. The smallest absolute Gasteiger partial charge is 0.387 e. The summed E-state index contributed by atoms with van der Waals surface area (Å²) in [5.41, 5.74) is 2.38. The zero-order valence-electron chi connectivity index (χ0n) is 17.9. The Kier molecular flexibility index (Phi) is 7.12. The van der Waals surface area contributed by atoms with Crippen molar-refractivity contribution >= 4 is 29.0 Å². The average molecular weight is 465 g/mol. The number of benzene rings is 3. The first kappa shape index (κ1) is 22.9. The fourth-order valence-corrected chi connectivity index (χ4v) is 3.52. The molecule has 1 amide bonds. The van der Waals surface area contributed by atoms with E-state index in [2.05, 4.69) is 15.2 Å². The molecule has 0 spiro atoms. The SMILES string of the molecule is O=C(COC(=O)C1=NN(c2ccccc2)C(c2ccccc2)C1)Nc1ccc(OC(F)F)cc1. The van der Waals surface area contributed by atoms with Crippen LogP contribution in [0.25, 0.3) is 0 Å². The monoisotopic (exact) mass is 465 g/mol. The molecular formula is C25H21F2N3O4. The Bertz CT molecular complexity index is 1160. The van der Waals surface area contributed by atoms with Crippen molar-refractivity contribution in [2.45, 2.75) is 19.1 Å². The highest BCUT2D eigenvalue weighted by atomic mass is 19.3. The fourth-order valence-electron chi connectivity index (χ4n) is 3.52. The highest BCUT2D eigenvalue weighted by Crippen LogP contribution is 2.35. The molecular weight excluding hydrogens is 444 g/mol. The van der Waals surface area contributed by atoms with Gasteiger partial charge < -0.3 is 14.8 Å². The van der Waals surface area contributed by atoms with Crippen molar-refractivity contribution in [3.05, 3.63) is 90.5 Å². The topological polar surface area (TPSA) is 80.2 Å². The minimum atomic E-state index is -2.93. The molecule has 7 nitrogen and oxygen atoms in total. The van der Waals surface area contributed by atoms with Crippen LogP contribution in [0, 0.1) is 0 Å². The van der Waals surface area contributed by atoms with Crippen molar-refractivity contribution in [2.75, 3.05) is 16.9 Å². The van der Waals surface area contributed by atoms with Crippen LogP contribution in [0.3, 0.4) is 0 Å². The van der Waals surface area contributed by atoms with E-state index in [0.29, 0.717) is 12.1 Å². The van der Waals surface area contributed by atoms with Gasteiger partial charge in [0, 0.05) is 12.1 Å². The van der Waals surface area contributed by atoms with Gasteiger partial charge in [-0.05, 0) is 42.0 Å². The summed E-state index contributed by atoms with van der Waals surface area (Å²) in [4.78, 5) is 24.8. The van der Waals surface area contributed by atoms with E-state index in [9.17, 15) is 18.4 Å². The normalized spacial score (nSPS) is 15.1. The Morgan fingerprint density at radius 2 is 1.62 bits per heavy atom. The Morgan fingerprint density at radius 1 is 0.971 bits per heavy atom. The number of nitrogens with one attached hydrogen (secondary N) is 1. The second-order valence-corrected chi connectivity index (χ2v) is 7.38. The highest BCUT2D eigenvalue weighted by molar-refractivity contribution is 6.37. The molecule has 0 saturated heterocycles. The quantitative estimate of drug-likeness (QED) is 0.485. The predicted molar refractivity (Wildman–Crippen MR) is 123 cm³/mol. The van der Waals surface area contributed by atoms with Crippen LogP contribution >= 0.6 is 0 Å². The molecule has 4 rings (SSSR count). The number of para-hydroxylation sites is 1. The van der Waals surface area contributed by atoms with Crippen molar-refractivity contribution in [2.24, 2.45) is 5.10 Å². The van der Waals surface area contributed by atoms with Gasteiger partial charge in [0.2, 0.25) is 0 Å². The number of carbonyl (C=O) groups excluding carboxylic acids is 2.